The Hall–Kier alpha value is -1.73. The maximum absolute atomic E-state index is 12.8. The van der Waals surface area contributed by atoms with Crippen LogP contribution >= 0.6 is 47.2 Å². The van der Waals surface area contributed by atoms with Crippen LogP contribution in [-0.4, -0.2) is 21.9 Å². The predicted molar refractivity (Wildman–Crippen MR) is 108 cm³/mol. The topological polar surface area (TPSA) is 38.8 Å². The van der Waals surface area contributed by atoms with Crippen LogP contribution < -0.4 is 9.47 Å². The van der Waals surface area contributed by atoms with Crippen LogP contribution in [0.4, 0.5) is 0 Å². The Balaban J connectivity index is 1.59. The number of rotatable bonds is 3. The summed E-state index contributed by atoms with van der Waals surface area (Å²) in [5.41, 5.74) is 1.52. The van der Waals surface area contributed by atoms with Gasteiger partial charge in [0.05, 0.1) is 11.4 Å². The molecule has 2 aromatic carbocycles. The van der Waals surface area contributed by atoms with Gasteiger partial charge in [-0.15, -0.1) is 0 Å². The number of benzene rings is 2. The molecule has 0 aliphatic carbocycles. The van der Waals surface area contributed by atoms with Gasteiger partial charge in [-0.05, 0) is 35.9 Å². The van der Waals surface area contributed by atoms with Crippen LogP contribution in [-0.2, 0) is 11.3 Å². The summed E-state index contributed by atoms with van der Waals surface area (Å²) < 4.78 is 11.2. The zero-order valence-electron chi connectivity index (χ0n) is 13.2. The van der Waals surface area contributed by atoms with Crippen molar-refractivity contribution in [1.82, 2.24) is 4.90 Å². The molecule has 4 nitrogen and oxygen atoms in total. The molecule has 0 unspecified atom stereocenters. The Kier molecular flexibility index (Phi) is 4.84. The molecule has 2 aliphatic heterocycles. The van der Waals surface area contributed by atoms with Crippen LogP contribution in [0.1, 0.15) is 11.1 Å². The number of hydrogen-bond donors (Lipinski definition) is 0. The number of fused-ring (bicyclic) bond motifs is 1. The molecule has 2 aromatic rings. The van der Waals surface area contributed by atoms with Gasteiger partial charge in [0.25, 0.3) is 5.91 Å². The molecule has 2 heterocycles. The van der Waals surface area contributed by atoms with Gasteiger partial charge in [-0.2, -0.15) is 0 Å². The number of ether oxygens (including phenoxy) is 2. The first-order chi connectivity index (χ1) is 12.5. The monoisotopic (exact) mass is 423 g/mol. The van der Waals surface area contributed by atoms with E-state index in [1.165, 1.54) is 11.8 Å². The average molecular weight is 424 g/mol. The van der Waals surface area contributed by atoms with Crippen molar-refractivity contribution >= 4 is 63.5 Å². The number of thioether (sulfide) groups is 1. The number of carbonyl (C=O) groups is 1. The van der Waals surface area contributed by atoms with Crippen LogP contribution in [0.2, 0.25) is 10.0 Å². The lowest BCUT2D eigenvalue weighted by atomic mass is 10.2. The molecule has 8 heteroatoms. The minimum absolute atomic E-state index is 0.173. The second kappa shape index (κ2) is 7.12. The van der Waals surface area contributed by atoms with Crippen LogP contribution in [0, 0.1) is 0 Å². The van der Waals surface area contributed by atoms with Crippen LogP contribution in [0.3, 0.4) is 0 Å². The SMILES string of the molecule is O=C1/C(=C/c2c(Cl)cccc2Cl)SC(=S)N1Cc1ccc2c(c1)OCO2. The van der Waals surface area contributed by atoms with E-state index in [1.54, 1.807) is 29.2 Å². The highest BCUT2D eigenvalue weighted by atomic mass is 35.5. The number of halogens is 2. The first-order valence-electron chi connectivity index (χ1n) is 7.61. The Labute approximate surface area is 169 Å². The predicted octanol–water partition coefficient (Wildman–Crippen LogP) is 5.12. The van der Waals surface area contributed by atoms with Crippen molar-refractivity contribution in [3.05, 3.63) is 62.5 Å². The molecule has 1 saturated heterocycles. The number of thiocarbonyl (C=S) groups is 1. The molecule has 0 aromatic heterocycles. The van der Waals surface area contributed by atoms with Crippen molar-refractivity contribution in [2.45, 2.75) is 6.54 Å². The third-order valence-corrected chi connectivity index (χ3v) is 5.96. The maximum Gasteiger partial charge on any atom is 0.266 e. The molecule has 0 atom stereocenters. The molecule has 1 amide bonds. The lowest BCUT2D eigenvalue weighted by Crippen LogP contribution is -2.27. The minimum atomic E-state index is -0.173. The van der Waals surface area contributed by atoms with Crippen molar-refractivity contribution in [2.75, 3.05) is 6.79 Å². The molecular weight excluding hydrogens is 413 g/mol. The summed E-state index contributed by atoms with van der Waals surface area (Å²) in [6, 6.07) is 10.8. The van der Waals surface area contributed by atoms with Crippen molar-refractivity contribution < 1.29 is 14.3 Å². The van der Waals surface area contributed by atoms with E-state index in [-0.39, 0.29) is 12.7 Å². The number of carbonyl (C=O) groups excluding carboxylic acids is 1. The number of nitrogens with zero attached hydrogens (tertiary/aromatic N) is 1. The maximum atomic E-state index is 12.8. The van der Waals surface area contributed by atoms with E-state index in [2.05, 4.69) is 0 Å². The van der Waals surface area contributed by atoms with E-state index in [9.17, 15) is 4.79 Å². The second-order valence-corrected chi connectivity index (χ2v) is 8.08. The van der Waals surface area contributed by atoms with E-state index in [0.717, 1.165) is 5.56 Å². The standard InChI is InChI=1S/C18H11Cl2NO3S2/c19-12-2-1-3-13(20)11(12)7-16-17(22)21(18(25)26-16)8-10-4-5-14-15(6-10)24-9-23-14/h1-7H,8-9H2/b16-7-. The van der Waals surface area contributed by atoms with Gasteiger partial charge in [0.15, 0.2) is 11.5 Å². The van der Waals surface area contributed by atoms with E-state index < -0.39 is 0 Å². The lowest BCUT2D eigenvalue weighted by molar-refractivity contribution is -0.122. The van der Waals surface area contributed by atoms with Crippen molar-refractivity contribution in [3.63, 3.8) is 0 Å². The van der Waals surface area contributed by atoms with Crippen molar-refractivity contribution in [2.24, 2.45) is 0 Å². The zero-order valence-corrected chi connectivity index (χ0v) is 16.3. The van der Waals surface area contributed by atoms with E-state index >= 15 is 0 Å². The van der Waals surface area contributed by atoms with Crippen molar-refractivity contribution in [3.8, 4) is 11.5 Å². The first kappa shape index (κ1) is 17.7. The molecule has 1 fully saturated rings. The summed E-state index contributed by atoms with van der Waals surface area (Å²) in [6.45, 7) is 0.566. The van der Waals surface area contributed by atoms with E-state index in [4.69, 9.17) is 44.9 Å². The fraction of sp³-hybridized carbons (Fsp3) is 0.111. The highest BCUT2D eigenvalue weighted by Crippen LogP contribution is 2.38. The highest BCUT2D eigenvalue weighted by Gasteiger charge is 2.32. The molecular formula is C18H11Cl2NO3S2. The summed E-state index contributed by atoms with van der Waals surface area (Å²) in [4.78, 5) is 14.8. The molecule has 0 N–H and O–H groups in total. The quantitative estimate of drug-likeness (QED) is 0.505. The first-order valence-corrected chi connectivity index (χ1v) is 9.59. The number of hydrogen-bond acceptors (Lipinski definition) is 5. The molecule has 0 radical (unpaired) electrons. The van der Waals surface area contributed by atoms with E-state index in [1.807, 2.05) is 18.2 Å². The van der Waals surface area contributed by atoms with Gasteiger partial charge in [0, 0.05) is 15.6 Å². The summed E-state index contributed by atoms with van der Waals surface area (Å²) in [7, 11) is 0. The van der Waals surface area contributed by atoms with Gasteiger partial charge >= 0.3 is 0 Å². The molecule has 0 spiro atoms. The van der Waals surface area contributed by atoms with Gasteiger partial charge in [-0.25, -0.2) is 0 Å². The Morgan fingerprint density at radius 3 is 2.65 bits per heavy atom. The molecule has 2 aliphatic rings. The summed E-state index contributed by atoms with van der Waals surface area (Å²) in [5, 5.41) is 0.970. The fourth-order valence-electron chi connectivity index (χ4n) is 2.64. The van der Waals surface area contributed by atoms with E-state index in [0.29, 0.717) is 42.9 Å². The average Bonchev–Trinajstić information content (AvgIpc) is 3.18. The summed E-state index contributed by atoms with van der Waals surface area (Å²) in [6.07, 6.45) is 1.68. The molecule has 0 bridgehead atoms. The zero-order chi connectivity index (χ0) is 18.3. The van der Waals surface area contributed by atoms with Crippen LogP contribution in [0.5, 0.6) is 11.5 Å². The van der Waals surface area contributed by atoms with Gasteiger partial charge in [0.1, 0.15) is 4.32 Å². The van der Waals surface area contributed by atoms with Crippen molar-refractivity contribution in [1.29, 1.82) is 0 Å². The van der Waals surface area contributed by atoms with Crippen LogP contribution in [0.15, 0.2) is 41.3 Å². The lowest BCUT2D eigenvalue weighted by Gasteiger charge is -2.14. The van der Waals surface area contributed by atoms with Gasteiger partial charge in [-0.3, -0.25) is 9.69 Å². The normalized spacial score (nSPS) is 17.5. The fourth-order valence-corrected chi connectivity index (χ4v) is 4.38. The molecule has 4 rings (SSSR count). The second-order valence-electron chi connectivity index (χ2n) is 5.59. The smallest absolute Gasteiger partial charge is 0.266 e. The molecule has 0 saturated carbocycles. The number of amides is 1. The molecule has 132 valence electrons. The largest absolute Gasteiger partial charge is 0.454 e. The summed E-state index contributed by atoms with van der Waals surface area (Å²) >= 11 is 19.0. The molecule has 26 heavy (non-hydrogen) atoms. The summed E-state index contributed by atoms with van der Waals surface area (Å²) in [5.74, 6) is 1.20. The third-order valence-electron chi connectivity index (χ3n) is 3.93. The minimum Gasteiger partial charge on any atom is -0.454 e. The Bertz CT molecular complexity index is 941. The highest BCUT2D eigenvalue weighted by molar-refractivity contribution is 8.26. The van der Waals surface area contributed by atoms with Gasteiger partial charge < -0.3 is 9.47 Å². The van der Waals surface area contributed by atoms with Crippen LogP contribution in [0.25, 0.3) is 6.08 Å². The Morgan fingerprint density at radius 2 is 1.88 bits per heavy atom. The third kappa shape index (κ3) is 3.30. The van der Waals surface area contributed by atoms with Gasteiger partial charge in [-0.1, -0.05) is 59.3 Å². The Morgan fingerprint density at radius 1 is 1.15 bits per heavy atom. The van der Waals surface area contributed by atoms with Gasteiger partial charge in [0.2, 0.25) is 6.79 Å².